The zero-order chi connectivity index (χ0) is 17.8. The van der Waals surface area contributed by atoms with Gasteiger partial charge in [-0.15, -0.1) is 0 Å². The lowest BCUT2D eigenvalue weighted by Crippen LogP contribution is -2.40. The molecule has 1 fully saturated rings. The summed E-state index contributed by atoms with van der Waals surface area (Å²) in [5.41, 5.74) is 0.661. The van der Waals surface area contributed by atoms with Gasteiger partial charge in [0.1, 0.15) is 11.6 Å². The average Bonchev–Trinajstić information content (AvgIpc) is 3.02. The van der Waals surface area contributed by atoms with Crippen molar-refractivity contribution < 1.29 is 9.53 Å². The molecule has 1 atom stereocenters. The molecule has 0 unspecified atom stereocenters. The molecule has 0 aliphatic carbocycles. The Labute approximate surface area is 151 Å². The largest absolute Gasteiger partial charge is 0.495 e. The van der Waals surface area contributed by atoms with E-state index in [2.05, 4.69) is 25.4 Å². The van der Waals surface area contributed by atoms with Crippen LogP contribution in [-0.4, -0.2) is 52.7 Å². The molecule has 3 rings (SSSR count). The highest BCUT2D eigenvalue weighted by molar-refractivity contribution is 6.32. The fourth-order valence-electron chi connectivity index (χ4n) is 3.10. The molecule has 1 amide bonds. The van der Waals surface area contributed by atoms with E-state index in [1.807, 2.05) is 6.92 Å². The summed E-state index contributed by atoms with van der Waals surface area (Å²) in [7, 11) is 1.56. The zero-order valence-electron chi connectivity index (χ0n) is 14.4. The number of likely N-dealkylation sites (tertiary alicyclic amines) is 1. The number of aromatic nitrogens is 3. The maximum atomic E-state index is 12.3. The molecule has 2 heterocycles. The van der Waals surface area contributed by atoms with E-state index < -0.39 is 0 Å². The number of rotatable bonds is 5. The summed E-state index contributed by atoms with van der Waals surface area (Å²) in [6.07, 6.45) is 2.07. The number of nitrogens with one attached hydrogen (secondary N) is 2. The van der Waals surface area contributed by atoms with Gasteiger partial charge in [-0.3, -0.25) is 14.8 Å². The summed E-state index contributed by atoms with van der Waals surface area (Å²) in [5, 5.41) is 10.5. The minimum atomic E-state index is -0.0620. The number of anilines is 1. The van der Waals surface area contributed by atoms with E-state index >= 15 is 0 Å². The third kappa shape index (κ3) is 4.49. The van der Waals surface area contributed by atoms with Crippen molar-refractivity contribution >= 4 is 23.2 Å². The van der Waals surface area contributed by atoms with Crippen LogP contribution in [0.4, 0.5) is 5.69 Å². The molecule has 1 aromatic heterocycles. The Bertz CT molecular complexity index is 748. The van der Waals surface area contributed by atoms with E-state index in [0.29, 0.717) is 23.0 Å². The molecule has 0 saturated carbocycles. The van der Waals surface area contributed by atoms with E-state index in [1.54, 1.807) is 25.3 Å². The minimum absolute atomic E-state index is 0.0620. The number of methoxy groups -OCH3 is 1. The van der Waals surface area contributed by atoms with Crippen molar-refractivity contribution in [2.45, 2.75) is 25.7 Å². The van der Waals surface area contributed by atoms with E-state index in [4.69, 9.17) is 16.3 Å². The van der Waals surface area contributed by atoms with Crippen molar-refractivity contribution in [3.63, 3.8) is 0 Å². The number of carbonyl (C=O) groups excluding carboxylic acids is 1. The Hall–Kier alpha value is -2.12. The predicted octanol–water partition coefficient (Wildman–Crippen LogP) is 2.59. The van der Waals surface area contributed by atoms with Crippen LogP contribution in [0.1, 0.15) is 30.4 Å². The second-order valence-electron chi connectivity index (χ2n) is 6.25. The first-order valence-electron chi connectivity index (χ1n) is 8.30. The van der Waals surface area contributed by atoms with Gasteiger partial charge in [-0.1, -0.05) is 11.6 Å². The van der Waals surface area contributed by atoms with Crippen molar-refractivity contribution in [1.29, 1.82) is 0 Å². The SMILES string of the molecule is COc1ccc(NC(=O)CN2CCC[C@@H](c3n[nH]c(C)n3)C2)cc1Cl. The van der Waals surface area contributed by atoms with Gasteiger partial charge in [0.15, 0.2) is 5.82 Å². The summed E-state index contributed by atoms with van der Waals surface area (Å²) in [4.78, 5) is 18.9. The molecular formula is C17H22ClN5O2. The quantitative estimate of drug-likeness (QED) is 0.853. The molecular weight excluding hydrogens is 342 g/mol. The van der Waals surface area contributed by atoms with Crippen molar-refractivity contribution in [3.8, 4) is 5.75 Å². The fourth-order valence-corrected chi connectivity index (χ4v) is 3.36. The van der Waals surface area contributed by atoms with E-state index in [-0.39, 0.29) is 11.8 Å². The van der Waals surface area contributed by atoms with E-state index in [9.17, 15) is 4.79 Å². The lowest BCUT2D eigenvalue weighted by atomic mass is 9.97. The standard InChI is InChI=1S/C17H22ClN5O2/c1-11-19-17(22-21-11)12-4-3-7-23(9-12)10-16(24)20-13-5-6-15(25-2)14(18)8-13/h5-6,8,12H,3-4,7,9-10H2,1-2H3,(H,20,24)(H,19,21,22)/t12-/m1/s1. The number of nitrogens with zero attached hydrogens (tertiary/aromatic N) is 3. The Kier molecular flexibility index (Phi) is 5.55. The third-order valence-corrected chi connectivity index (χ3v) is 4.58. The smallest absolute Gasteiger partial charge is 0.238 e. The van der Waals surface area contributed by atoms with Gasteiger partial charge in [0, 0.05) is 18.2 Å². The van der Waals surface area contributed by atoms with Crippen LogP contribution in [0.3, 0.4) is 0 Å². The van der Waals surface area contributed by atoms with Crippen molar-refractivity contribution in [1.82, 2.24) is 20.1 Å². The summed E-state index contributed by atoms with van der Waals surface area (Å²) in [5.74, 6) is 2.45. The molecule has 1 aliphatic heterocycles. The highest BCUT2D eigenvalue weighted by atomic mass is 35.5. The van der Waals surface area contributed by atoms with Crippen molar-refractivity contribution in [2.75, 3.05) is 32.1 Å². The van der Waals surface area contributed by atoms with Gasteiger partial charge in [0.25, 0.3) is 0 Å². The Balaban J connectivity index is 1.56. The average molecular weight is 364 g/mol. The molecule has 2 aromatic rings. The second-order valence-corrected chi connectivity index (χ2v) is 6.66. The van der Waals surface area contributed by atoms with Gasteiger partial charge in [-0.2, -0.15) is 5.10 Å². The molecule has 0 spiro atoms. The molecule has 7 nitrogen and oxygen atoms in total. The van der Waals surface area contributed by atoms with Gasteiger partial charge in [-0.25, -0.2) is 4.98 Å². The normalized spacial score (nSPS) is 18.1. The van der Waals surface area contributed by atoms with Crippen LogP contribution in [0, 0.1) is 6.92 Å². The van der Waals surface area contributed by atoms with Gasteiger partial charge < -0.3 is 10.1 Å². The van der Waals surface area contributed by atoms with Gasteiger partial charge in [0.2, 0.25) is 5.91 Å². The number of benzene rings is 1. The number of halogens is 1. The molecule has 8 heteroatoms. The molecule has 0 radical (unpaired) electrons. The van der Waals surface area contributed by atoms with Crippen LogP contribution in [0.2, 0.25) is 5.02 Å². The monoisotopic (exact) mass is 363 g/mol. The third-order valence-electron chi connectivity index (χ3n) is 4.29. The maximum absolute atomic E-state index is 12.3. The van der Waals surface area contributed by atoms with Crippen LogP contribution in [0.5, 0.6) is 5.75 Å². The number of hydrogen-bond acceptors (Lipinski definition) is 5. The summed E-state index contributed by atoms with van der Waals surface area (Å²) in [6, 6.07) is 5.20. The van der Waals surface area contributed by atoms with Gasteiger partial charge >= 0.3 is 0 Å². The van der Waals surface area contributed by atoms with Crippen LogP contribution in [0.25, 0.3) is 0 Å². The topological polar surface area (TPSA) is 83.1 Å². The zero-order valence-corrected chi connectivity index (χ0v) is 15.1. The van der Waals surface area contributed by atoms with E-state index in [0.717, 1.165) is 37.6 Å². The molecule has 2 N–H and O–H groups in total. The van der Waals surface area contributed by atoms with Gasteiger partial charge in [-0.05, 0) is 44.5 Å². The van der Waals surface area contributed by atoms with Crippen molar-refractivity contribution in [2.24, 2.45) is 0 Å². The summed E-state index contributed by atoms with van der Waals surface area (Å²) >= 11 is 6.09. The number of aryl methyl sites for hydroxylation is 1. The van der Waals surface area contributed by atoms with E-state index in [1.165, 1.54) is 0 Å². The molecule has 1 saturated heterocycles. The lowest BCUT2D eigenvalue weighted by molar-refractivity contribution is -0.117. The molecule has 25 heavy (non-hydrogen) atoms. The molecule has 134 valence electrons. The first-order chi connectivity index (χ1) is 12.0. The number of piperidine rings is 1. The van der Waals surface area contributed by atoms with Crippen LogP contribution >= 0.6 is 11.6 Å². The number of carbonyl (C=O) groups is 1. The highest BCUT2D eigenvalue weighted by Crippen LogP contribution is 2.27. The maximum Gasteiger partial charge on any atom is 0.238 e. The number of amides is 1. The number of hydrogen-bond donors (Lipinski definition) is 2. The highest BCUT2D eigenvalue weighted by Gasteiger charge is 2.25. The van der Waals surface area contributed by atoms with Crippen LogP contribution in [-0.2, 0) is 4.79 Å². The number of H-pyrrole nitrogens is 1. The fraction of sp³-hybridized carbons (Fsp3) is 0.471. The Morgan fingerprint density at radius 3 is 3.04 bits per heavy atom. The summed E-state index contributed by atoms with van der Waals surface area (Å²) < 4.78 is 5.11. The second kappa shape index (κ2) is 7.84. The van der Waals surface area contributed by atoms with Crippen LogP contribution < -0.4 is 10.1 Å². The predicted molar refractivity (Wildman–Crippen MR) is 96.2 cm³/mol. The molecule has 1 aliphatic rings. The number of aromatic amines is 1. The molecule has 0 bridgehead atoms. The first kappa shape index (κ1) is 17.7. The summed E-state index contributed by atoms with van der Waals surface area (Å²) in [6.45, 7) is 3.92. The molecule has 1 aromatic carbocycles. The Morgan fingerprint density at radius 1 is 1.52 bits per heavy atom. The van der Waals surface area contributed by atoms with Crippen molar-refractivity contribution in [3.05, 3.63) is 34.9 Å². The number of ether oxygens (including phenoxy) is 1. The Morgan fingerprint density at radius 2 is 2.36 bits per heavy atom. The minimum Gasteiger partial charge on any atom is -0.495 e. The lowest BCUT2D eigenvalue weighted by Gasteiger charge is -2.30. The van der Waals surface area contributed by atoms with Crippen LogP contribution in [0.15, 0.2) is 18.2 Å². The van der Waals surface area contributed by atoms with Gasteiger partial charge in [0.05, 0.1) is 18.7 Å². The first-order valence-corrected chi connectivity index (χ1v) is 8.67.